The number of rotatable bonds is 6. The molecule has 0 atom stereocenters. The number of halogens is 1. The van der Waals surface area contributed by atoms with E-state index in [0.29, 0.717) is 18.1 Å². The van der Waals surface area contributed by atoms with Crippen molar-refractivity contribution < 1.29 is 14.1 Å². The first-order valence-electron chi connectivity index (χ1n) is 7.66. The van der Waals surface area contributed by atoms with Gasteiger partial charge in [-0.3, -0.25) is 4.79 Å². The third-order valence-corrected chi connectivity index (χ3v) is 4.21. The molecule has 0 fully saturated rings. The Hall–Kier alpha value is -2.42. The van der Waals surface area contributed by atoms with Crippen LogP contribution in [-0.4, -0.2) is 23.2 Å². The van der Waals surface area contributed by atoms with Crippen molar-refractivity contribution in [2.75, 3.05) is 12.4 Å². The summed E-state index contributed by atoms with van der Waals surface area (Å²) in [6.45, 7) is 0. The highest BCUT2D eigenvalue weighted by Gasteiger charge is 2.11. The number of carbonyl (C=O) groups is 1. The van der Waals surface area contributed by atoms with Crippen LogP contribution >= 0.6 is 22.6 Å². The summed E-state index contributed by atoms with van der Waals surface area (Å²) < 4.78 is 11.5. The molecule has 1 amide bonds. The molecule has 0 aliphatic heterocycles. The van der Waals surface area contributed by atoms with Gasteiger partial charge < -0.3 is 14.6 Å². The Kier molecular flexibility index (Phi) is 5.64. The summed E-state index contributed by atoms with van der Waals surface area (Å²) in [5.41, 5.74) is 1.57. The van der Waals surface area contributed by atoms with Gasteiger partial charge in [-0.1, -0.05) is 17.3 Å². The molecule has 0 unspecified atom stereocenters. The Balaban J connectivity index is 1.57. The minimum absolute atomic E-state index is 0.0951. The Labute approximate surface area is 158 Å². The van der Waals surface area contributed by atoms with E-state index in [-0.39, 0.29) is 12.3 Å². The van der Waals surface area contributed by atoms with Crippen LogP contribution in [0.15, 0.2) is 53.1 Å². The fraction of sp³-hybridized carbons (Fsp3) is 0.167. The molecule has 2 aromatic carbocycles. The SMILES string of the molecule is COc1cccc(-c2noc(CCC(=O)Nc3ccc(I)cc3)n2)c1. The van der Waals surface area contributed by atoms with E-state index in [1.807, 2.05) is 48.5 Å². The zero-order chi connectivity index (χ0) is 17.6. The molecule has 6 nitrogen and oxygen atoms in total. The molecule has 0 bridgehead atoms. The molecular weight excluding hydrogens is 433 g/mol. The molecule has 1 heterocycles. The van der Waals surface area contributed by atoms with Crippen molar-refractivity contribution in [1.29, 1.82) is 0 Å². The predicted octanol–water partition coefficient (Wildman–Crippen LogP) is 3.92. The number of hydrogen-bond acceptors (Lipinski definition) is 5. The number of ether oxygens (including phenoxy) is 1. The summed E-state index contributed by atoms with van der Waals surface area (Å²) >= 11 is 2.22. The topological polar surface area (TPSA) is 77.2 Å². The lowest BCUT2D eigenvalue weighted by Crippen LogP contribution is -2.12. The van der Waals surface area contributed by atoms with Crippen LogP contribution in [0.25, 0.3) is 11.4 Å². The van der Waals surface area contributed by atoms with Crippen molar-refractivity contribution in [3.8, 4) is 17.1 Å². The molecule has 7 heteroatoms. The van der Waals surface area contributed by atoms with Gasteiger partial charge in [0.1, 0.15) is 5.75 Å². The van der Waals surface area contributed by atoms with Crippen LogP contribution in [0.1, 0.15) is 12.3 Å². The largest absolute Gasteiger partial charge is 0.497 e. The normalized spacial score (nSPS) is 10.5. The molecule has 3 aromatic rings. The Morgan fingerprint density at radius 3 is 2.80 bits per heavy atom. The first-order valence-corrected chi connectivity index (χ1v) is 8.74. The Morgan fingerprint density at radius 1 is 1.24 bits per heavy atom. The molecule has 0 saturated heterocycles. The number of methoxy groups -OCH3 is 1. The summed E-state index contributed by atoms with van der Waals surface area (Å²) in [7, 11) is 1.60. The van der Waals surface area contributed by atoms with E-state index in [9.17, 15) is 4.79 Å². The second-order valence-corrected chi connectivity index (χ2v) is 6.54. The number of amides is 1. The van der Waals surface area contributed by atoms with Crippen LogP contribution < -0.4 is 10.1 Å². The number of nitrogens with one attached hydrogen (secondary N) is 1. The fourth-order valence-electron chi connectivity index (χ4n) is 2.21. The molecule has 1 aromatic heterocycles. The van der Waals surface area contributed by atoms with Crippen molar-refractivity contribution in [3.05, 3.63) is 58.0 Å². The quantitative estimate of drug-likeness (QED) is 0.578. The molecule has 0 aliphatic carbocycles. The summed E-state index contributed by atoms with van der Waals surface area (Å²) in [6, 6.07) is 15.0. The van der Waals surface area contributed by atoms with Crippen LogP contribution in [-0.2, 0) is 11.2 Å². The van der Waals surface area contributed by atoms with Gasteiger partial charge in [-0.25, -0.2) is 0 Å². The van der Waals surface area contributed by atoms with Gasteiger partial charge in [0.05, 0.1) is 7.11 Å². The van der Waals surface area contributed by atoms with Crippen LogP contribution in [0.4, 0.5) is 5.69 Å². The van der Waals surface area contributed by atoms with Gasteiger partial charge in [0.15, 0.2) is 0 Å². The lowest BCUT2D eigenvalue weighted by atomic mass is 10.2. The van der Waals surface area contributed by atoms with E-state index in [1.54, 1.807) is 7.11 Å². The highest BCUT2D eigenvalue weighted by Crippen LogP contribution is 2.21. The van der Waals surface area contributed by atoms with Crippen molar-refractivity contribution in [2.45, 2.75) is 12.8 Å². The molecular formula is C18H16IN3O3. The average Bonchev–Trinajstić information content (AvgIpc) is 3.11. The van der Waals surface area contributed by atoms with Gasteiger partial charge in [-0.05, 0) is 59.0 Å². The summed E-state index contributed by atoms with van der Waals surface area (Å²) in [5, 5.41) is 6.80. The standard InChI is InChI=1S/C18H16IN3O3/c1-24-15-4-2-3-12(11-15)18-21-17(25-22-18)10-9-16(23)20-14-7-5-13(19)6-8-14/h2-8,11H,9-10H2,1H3,(H,20,23). The number of hydrogen-bond donors (Lipinski definition) is 1. The van der Waals surface area contributed by atoms with Crippen molar-refractivity contribution >= 4 is 34.2 Å². The molecule has 0 aliphatic rings. The van der Waals surface area contributed by atoms with Crippen LogP contribution in [0.3, 0.4) is 0 Å². The zero-order valence-electron chi connectivity index (χ0n) is 13.5. The minimum atomic E-state index is -0.0951. The fourth-order valence-corrected chi connectivity index (χ4v) is 2.57. The van der Waals surface area contributed by atoms with Crippen molar-refractivity contribution in [1.82, 2.24) is 10.1 Å². The van der Waals surface area contributed by atoms with Gasteiger partial charge in [0.25, 0.3) is 0 Å². The maximum Gasteiger partial charge on any atom is 0.227 e. The van der Waals surface area contributed by atoms with Crippen LogP contribution in [0.5, 0.6) is 5.75 Å². The Bertz CT molecular complexity index is 862. The molecule has 0 radical (unpaired) electrons. The first-order chi connectivity index (χ1) is 12.1. The van der Waals surface area contributed by atoms with Crippen LogP contribution in [0, 0.1) is 3.57 Å². The highest BCUT2D eigenvalue weighted by molar-refractivity contribution is 14.1. The second-order valence-electron chi connectivity index (χ2n) is 5.30. The van der Waals surface area contributed by atoms with Gasteiger partial charge >= 0.3 is 0 Å². The molecule has 0 saturated carbocycles. The van der Waals surface area contributed by atoms with Crippen LogP contribution in [0.2, 0.25) is 0 Å². The molecule has 3 rings (SSSR count). The first kappa shape index (κ1) is 17.4. The summed E-state index contributed by atoms with van der Waals surface area (Å²) in [4.78, 5) is 16.3. The average molecular weight is 449 g/mol. The molecule has 128 valence electrons. The van der Waals surface area contributed by atoms with E-state index in [4.69, 9.17) is 9.26 Å². The molecule has 25 heavy (non-hydrogen) atoms. The zero-order valence-corrected chi connectivity index (χ0v) is 15.7. The lowest BCUT2D eigenvalue weighted by Gasteiger charge is -2.03. The van der Waals surface area contributed by atoms with Gasteiger partial charge in [0.2, 0.25) is 17.6 Å². The maximum absolute atomic E-state index is 12.0. The molecule has 0 spiro atoms. The summed E-state index contributed by atoms with van der Waals surface area (Å²) in [5.74, 6) is 1.53. The third-order valence-electron chi connectivity index (χ3n) is 3.49. The maximum atomic E-state index is 12.0. The monoisotopic (exact) mass is 449 g/mol. The van der Waals surface area contributed by atoms with E-state index in [2.05, 4.69) is 38.0 Å². The number of carbonyl (C=O) groups excluding carboxylic acids is 1. The summed E-state index contributed by atoms with van der Waals surface area (Å²) in [6.07, 6.45) is 0.652. The van der Waals surface area contributed by atoms with Gasteiger partial charge in [-0.2, -0.15) is 4.98 Å². The van der Waals surface area contributed by atoms with Gasteiger partial charge in [-0.15, -0.1) is 0 Å². The van der Waals surface area contributed by atoms with E-state index in [1.165, 1.54) is 0 Å². The van der Waals surface area contributed by atoms with E-state index < -0.39 is 0 Å². The second kappa shape index (κ2) is 8.11. The number of aromatic nitrogens is 2. The van der Waals surface area contributed by atoms with Crippen molar-refractivity contribution in [2.24, 2.45) is 0 Å². The minimum Gasteiger partial charge on any atom is -0.497 e. The Morgan fingerprint density at radius 2 is 2.04 bits per heavy atom. The number of aryl methyl sites for hydroxylation is 1. The number of nitrogens with zero attached hydrogens (tertiary/aromatic N) is 2. The number of benzene rings is 2. The van der Waals surface area contributed by atoms with E-state index >= 15 is 0 Å². The third kappa shape index (κ3) is 4.79. The number of anilines is 1. The predicted molar refractivity (Wildman–Crippen MR) is 102 cm³/mol. The van der Waals surface area contributed by atoms with Crippen molar-refractivity contribution in [3.63, 3.8) is 0 Å². The van der Waals surface area contributed by atoms with E-state index in [0.717, 1.165) is 20.6 Å². The molecule has 1 N–H and O–H groups in total. The smallest absolute Gasteiger partial charge is 0.227 e. The van der Waals surface area contributed by atoms with Gasteiger partial charge in [0, 0.05) is 27.7 Å². The highest BCUT2D eigenvalue weighted by atomic mass is 127. The lowest BCUT2D eigenvalue weighted by molar-refractivity contribution is -0.116.